The molecule has 0 bridgehead atoms. The van der Waals surface area contributed by atoms with Gasteiger partial charge in [-0.05, 0) is 56.8 Å². The van der Waals surface area contributed by atoms with Crippen LogP contribution in [-0.4, -0.2) is 64.3 Å². The van der Waals surface area contributed by atoms with Crippen LogP contribution in [0.2, 0.25) is 0 Å². The smallest absolute Gasteiger partial charge is 0.319 e. The highest BCUT2D eigenvalue weighted by molar-refractivity contribution is 6.04. The predicted molar refractivity (Wildman–Crippen MR) is 157 cm³/mol. The minimum atomic E-state index is -2.40. The summed E-state index contributed by atoms with van der Waals surface area (Å²) in [5.41, 5.74) is 3.57. The van der Waals surface area contributed by atoms with E-state index >= 15 is 8.78 Å². The number of nitrogen functional groups attached to an aromatic ring is 1. The third kappa shape index (κ3) is 4.50. The highest BCUT2D eigenvalue weighted by Crippen LogP contribution is 2.42. The third-order valence-electron chi connectivity index (χ3n) is 8.85. The number of fused-ring (bicyclic) bond motifs is 3. The molecule has 43 heavy (non-hydrogen) atoms. The van der Waals surface area contributed by atoms with Crippen LogP contribution in [0.1, 0.15) is 46.8 Å². The molecule has 7 rings (SSSR count). The average molecular weight is 593 g/mol. The Labute approximate surface area is 248 Å². The number of aromatic nitrogens is 3. The SMILES string of the molecule is [2H]C([2H])(Oc1nc(N2CCCCC2)c2cnc(-c3cc(N)c(F)c4ccc(F)c(C#C)c34)c(F)c2n1)[C@@]12CCCN1C[C@H](F)C2. The molecule has 5 heterocycles. The first-order chi connectivity index (χ1) is 21.5. The number of hydrogen-bond acceptors (Lipinski definition) is 7. The van der Waals surface area contributed by atoms with Crippen molar-refractivity contribution in [1.82, 2.24) is 19.9 Å². The zero-order valence-corrected chi connectivity index (χ0v) is 23.3. The minimum Gasteiger partial charge on any atom is -0.461 e. The van der Waals surface area contributed by atoms with E-state index in [0.717, 1.165) is 31.4 Å². The minimum absolute atomic E-state index is 0.0351. The fraction of sp³-hybridized carbons (Fsp3) is 0.406. The van der Waals surface area contributed by atoms with Gasteiger partial charge in [-0.25, -0.2) is 17.6 Å². The summed E-state index contributed by atoms with van der Waals surface area (Å²) in [6, 6.07) is 2.94. The molecule has 3 aliphatic heterocycles. The Morgan fingerprint density at radius 2 is 1.91 bits per heavy atom. The molecule has 2 atom stereocenters. The first-order valence-electron chi connectivity index (χ1n) is 15.4. The van der Waals surface area contributed by atoms with Crippen molar-refractivity contribution in [3.05, 3.63) is 47.4 Å². The van der Waals surface area contributed by atoms with Crippen molar-refractivity contribution in [2.75, 3.05) is 43.4 Å². The number of benzene rings is 2. The summed E-state index contributed by atoms with van der Waals surface area (Å²) < 4.78 is 84.9. The lowest BCUT2D eigenvalue weighted by molar-refractivity contribution is 0.107. The van der Waals surface area contributed by atoms with E-state index in [2.05, 4.69) is 20.9 Å². The molecule has 2 aromatic carbocycles. The Hall–Kier alpha value is -4.17. The van der Waals surface area contributed by atoms with E-state index in [-0.39, 0.29) is 57.1 Å². The molecule has 0 unspecified atom stereocenters. The van der Waals surface area contributed by atoms with Crippen LogP contribution in [0, 0.1) is 29.8 Å². The monoisotopic (exact) mass is 592 g/mol. The number of hydrogen-bond donors (Lipinski definition) is 1. The first-order valence-corrected chi connectivity index (χ1v) is 14.4. The van der Waals surface area contributed by atoms with Gasteiger partial charge in [0.25, 0.3) is 0 Å². The highest BCUT2D eigenvalue weighted by atomic mass is 19.1. The van der Waals surface area contributed by atoms with Crippen LogP contribution in [0.25, 0.3) is 32.9 Å². The number of nitrogens with zero attached hydrogens (tertiary/aromatic N) is 5. The molecule has 222 valence electrons. The molecule has 0 aliphatic carbocycles. The van der Waals surface area contributed by atoms with Gasteiger partial charge in [0, 0.05) is 48.6 Å². The maximum Gasteiger partial charge on any atom is 0.319 e. The molecule has 0 radical (unpaired) electrons. The van der Waals surface area contributed by atoms with Gasteiger partial charge in [0.2, 0.25) is 0 Å². The number of pyridine rings is 1. The molecular formula is C32H30F4N6O. The van der Waals surface area contributed by atoms with Crippen LogP contribution >= 0.6 is 0 Å². The van der Waals surface area contributed by atoms with Gasteiger partial charge in [0.05, 0.1) is 24.9 Å². The fourth-order valence-corrected chi connectivity index (χ4v) is 6.82. The average Bonchev–Trinajstić information content (AvgIpc) is 3.57. The van der Waals surface area contributed by atoms with Crippen molar-refractivity contribution in [2.45, 2.75) is 50.2 Å². The highest BCUT2D eigenvalue weighted by Gasteiger charge is 2.49. The molecular weight excluding hydrogens is 560 g/mol. The Morgan fingerprint density at radius 3 is 2.70 bits per heavy atom. The Morgan fingerprint density at radius 1 is 1.09 bits per heavy atom. The third-order valence-corrected chi connectivity index (χ3v) is 8.85. The van der Waals surface area contributed by atoms with Crippen LogP contribution in [-0.2, 0) is 0 Å². The number of ether oxygens (including phenoxy) is 1. The lowest BCUT2D eigenvalue weighted by atomic mass is 9.95. The lowest BCUT2D eigenvalue weighted by Gasteiger charge is -2.31. The van der Waals surface area contributed by atoms with Crippen LogP contribution in [0.5, 0.6) is 6.01 Å². The summed E-state index contributed by atoms with van der Waals surface area (Å²) in [7, 11) is 0. The summed E-state index contributed by atoms with van der Waals surface area (Å²) in [6.45, 7) is -0.511. The van der Waals surface area contributed by atoms with Gasteiger partial charge in [0.15, 0.2) is 11.6 Å². The number of rotatable bonds is 5. The topological polar surface area (TPSA) is 80.4 Å². The van der Waals surface area contributed by atoms with E-state index in [0.29, 0.717) is 38.3 Å². The van der Waals surface area contributed by atoms with Crippen molar-refractivity contribution < 1.29 is 25.0 Å². The zero-order chi connectivity index (χ0) is 31.7. The summed E-state index contributed by atoms with van der Waals surface area (Å²) in [6.07, 6.45) is 9.55. The number of nitrogens with two attached hydrogens (primary N) is 1. The van der Waals surface area contributed by atoms with E-state index in [1.807, 2.05) is 4.90 Å². The molecule has 3 aliphatic rings. The Bertz CT molecular complexity index is 1900. The quantitative estimate of drug-likeness (QED) is 0.179. The second-order valence-corrected chi connectivity index (χ2v) is 11.5. The number of anilines is 2. The van der Waals surface area contributed by atoms with Gasteiger partial charge in [-0.1, -0.05) is 5.92 Å². The number of halogens is 4. The standard InChI is InChI=1S/C32H30F4N6O/c1-2-19-23(34)8-7-20-25(19)21(13-24(37)26(20)35)28-27(36)29-22(15-38-28)30(41-10-4-3-5-11-41)40-31(39-29)43-17-32-9-6-12-42(32)16-18(33)14-32/h1,7-8,13,15,18H,3-6,9-12,14,16-17,37H2/t18-,32+/m1/s1/i17D2. The number of piperidine rings is 1. The van der Waals surface area contributed by atoms with Gasteiger partial charge in [-0.3, -0.25) is 9.88 Å². The molecule has 3 fully saturated rings. The van der Waals surface area contributed by atoms with Crippen molar-refractivity contribution in [3.63, 3.8) is 0 Å². The largest absolute Gasteiger partial charge is 0.461 e. The first kappa shape index (κ1) is 25.3. The summed E-state index contributed by atoms with van der Waals surface area (Å²) in [5, 5.41) is 0.0762. The van der Waals surface area contributed by atoms with E-state index in [9.17, 15) is 8.78 Å². The van der Waals surface area contributed by atoms with Crippen LogP contribution in [0.15, 0.2) is 24.4 Å². The zero-order valence-electron chi connectivity index (χ0n) is 25.3. The summed E-state index contributed by atoms with van der Waals surface area (Å²) in [4.78, 5) is 17.0. The molecule has 2 aromatic heterocycles. The molecule has 11 heteroatoms. The summed E-state index contributed by atoms with van der Waals surface area (Å²) in [5.74, 6) is -0.0395. The van der Waals surface area contributed by atoms with E-state index in [1.165, 1.54) is 12.3 Å². The Balaban J connectivity index is 1.43. The van der Waals surface area contributed by atoms with Crippen LogP contribution < -0.4 is 15.4 Å². The fourth-order valence-electron chi connectivity index (χ4n) is 6.82. The molecule has 3 saturated heterocycles. The molecule has 7 nitrogen and oxygen atoms in total. The molecule has 0 saturated carbocycles. The van der Waals surface area contributed by atoms with Crippen LogP contribution in [0.4, 0.5) is 29.1 Å². The van der Waals surface area contributed by atoms with Crippen molar-refractivity contribution >= 4 is 33.2 Å². The van der Waals surface area contributed by atoms with Gasteiger partial charge in [0.1, 0.15) is 35.6 Å². The van der Waals surface area contributed by atoms with E-state index in [4.69, 9.17) is 19.6 Å². The van der Waals surface area contributed by atoms with E-state index in [1.54, 1.807) is 4.90 Å². The van der Waals surface area contributed by atoms with Gasteiger partial charge in [-0.2, -0.15) is 9.97 Å². The lowest BCUT2D eigenvalue weighted by Crippen LogP contribution is -2.43. The molecule has 4 aromatic rings. The second kappa shape index (κ2) is 10.5. The maximum absolute atomic E-state index is 16.7. The number of terminal acetylenes is 1. The second-order valence-electron chi connectivity index (χ2n) is 11.5. The maximum atomic E-state index is 16.7. The van der Waals surface area contributed by atoms with Crippen molar-refractivity contribution in [1.29, 1.82) is 0 Å². The normalized spacial score (nSPS) is 23.3. The Kier molecular flexibility index (Phi) is 6.20. The van der Waals surface area contributed by atoms with Gasteiger partial charge < -0.3 is 15.4 Å². The van der Waals surface area contributed by atoms with E-state index < -0.39 is 41.7 Å². The molecule has 2 N–H and O–H groups in total. The van der Waals surface area contributed by atoms with Crippen molar-refractivity contribution in [2.24, 2.45) is 0 Å². The number of alkyl halides is 1. The van der Waals surface area contributed by atoms with Crippen LogP contribution in [0.3, 0.4) is 0 Å². The van der Waals surface area contributed by atoms with Crippen molar-refractivity contribution in [3.8, 4) is 29.6 Å². The molecule has 0 amide bonds. The summed E-state index contributed by atoms with van der Waals surface area (Å²) >= 11 is 0. The van der Waals surface area contributed by atoms with Gasteiger partial charge >= 0.3 is 6.01 Å². The molecule has 0 spiro atoms. The van der Waals surface area contributed by atoms with Gasteiger partial charge in [-0.15, -0.1) is 6.42 Å². The predicted octanol–water partition coefficient (Wildman–Crippen LogP) is 5.77.